The highest BCUT2D eigenvalue weighted by Gasteiger charge is 2.28. The Hall–Kier alpha value is -3.06. The van der Waals surface area contributed by atoms with Crippen molar-refractivity contribution in [3.63, 3.8) is 0 Å². The average Bonchev–Trinajstić information content (AvgIpc) is 3.21. The molecule has 0 spiro atoms. The van der Waals surface area contributed by atoms with Crippen molar-refractivity contribution in [1.29, 1.82) is 0 Å². The molecule has 3 rings (SSSR count). The standard InChI is InChI=1S/C22H26N2O5/c1-27-18(10-15-6-3-2-4-7-15)8-5-9-28-19-12-16(11-17(23)13-19)20-14-21(22(25)26)29-24-20/h2-4,6-7,11-13,18,21H,5,8-10,14,23H2,1H3,(H,25,26). The summed E-state index contributed by atoms with van der Waals surface area (Å²) in [6, 6.07) is 15.5. The second-order valence-corrected chi connectivity index (χ2v) is 7.00. The third-order valence-electron chi connectivity index (χ3n) is 4.79. The first-order valence-corrected chi connectivity index (χ1v) is 9.61. The van der Waals surface area contributed by atoms with Gasteiger partial charge in [0.1, 0.15) is 5.75 Å². The summed E-state index contributed by atoms with van der Waals surface area (Å²) in [6.45, 7) is 0.526. The zero-order valence-electron chi connectivity index (χ0n) is 16.4. The highest BCUT2D eigenvalue weighted by atomic mass is 16.7. The van der Waals surface area contributed by atoms with E-state index in [2.05, 4.69) is 17.3 Å². The lowest BCUT2D eigenvalue weighted by molar-refractivity contribution is -0.148. The number of carboxylic acids is 1. The zero-order valence-corrected chi connectivity index (χ0v) is 16.4. The number of methoxy groups -OCH3 is 1. The van der Waals surface area contributed by atoms with Crippen LogP contribution in [0.2, 0.25) is 0 Å². The maximum Gasteiger partial charge on any atom is 0.348 e. The molecule has 2 aromatic carbocycles. The molecule has 2 aromatic rings. The smallest absolute Gasteiger partial charge is 0.348 e. The fraction of sp³-hybridized carbons (Fsp3) is 0.364. The Labute approximate surface area is 170 Å². The maximum atomic E-state index is 11.0. The molecule has 3 N–H and O–H groups in total. The van der Waals surface area contributed by atoms with Crippen molar-refractivity contribution in [2.75, 3.05) is 19.5 Å². The van der Waals surface area contributed by atoms with Crippen LogP contribution in [0.5, 0.6) is 5.75 Å². The number of carboxylic acid groups (broad SMARTS) is 1. The third-order valence-corrected chi connectivity index (χ3v) is 4.79. The van der Waals surface area contributed by atoms with E-state index in [1.54, 1.807) is 25.3 Å². The van der Waals surface area contributed by atoms with E-state index in [0.717, 1.165) is 19.3 Å². The molecule has 2 atom stereocenters. The number of carbonyl (C=O) groups is 1. The van der Waals surface area contributed by atoms with Crippen LogP contribution in [0, 0.1) is 0 Å². The van der Waals surface area contributed by atoms with Crippen molar-refractivity contribution >= 4 is 17.4 Å². The normalized spacial score (nSPS) is 16.7. The molecular weight excluding hydrogens is 372 g/mol. The molecule has 1 heterocycles. The molecule has 0 radical (unpaired) electrons. The Morgan fingerprint density at radius 1 is 1.31 bits per heavy atom. The first kappa shape index (κ1) is 20.7. The molecule has 0 saturated heterocycles. The summed E-state index contributed by atoms with van der Waals surface area (Å²) in [4.78, 5) is 16.0. The first-order valence-electron chi connectivity index (χ1n) is 9.61. The fourth-order valence-electron chi connectivity index (χ4n) is 3.23. The van der Waals surface area contributed by atoms with Gasteiger partial charge in [-0.1, -0.05) is 35.5 Å². The Morgan fingerprint density at radius 2 is 2.10 bits per heavy atom. The number of hydrogen-bond acceptors (Lipinski definition) is 6. The van der Waals surface area contributed by atoms with E-state index in [1.165, 1.54) is 5.56 Å². The van der Waals surface area contributed by atoms with Gasteiger partial charge in [-0.15, -0.1) is 0 Å². The Balaban J connectivity index is 1.50. The number of ether oxygens (including phenoxy) is 2. The van der Waals surface area contributed by atoms with Crippen molar-refractivity contribution < 1.29 is 24.2 Å². The van der Waals surface area contributed by atoms with E-state index in [1.807, 2.05) is 18.2 Å². The average molecular weight is 398 g/mol. The SMILES string of the molecule is COC(CCCOc1cc(N)cc(C2=NOC(C(=O)O)C2)c1)Cc1ccccc1. The number of benzene rings is 2. The number of nitrogen functional groups attached to an aromatic ring is 1. The quantitative estimate of drug-likeness (QED) is 0.470. The van der Waals surface area contributed by atoms with Gasteiger partial charge >= 0.3 is 5.97 Å². The van der Waals surface area contributed by atoms with E-state index in [-0.39, 0.29) is 12.5 Å². The lowest BCUT2D eigenvalue weighted by Gasteiger charge is -2.16. The minimum atomic E-state index is -1.03. The predicted molar refractivity (Wildman–Crippen MR) is 110 cm³/mol. The van der Waals surface area contributed by atoms with Crippen molar-refractivity contribution in [2.45, 2.75) is 37.9 Å². The molecule has 7 heteroatoms. The highest BCUT2D eigenvalue weighted by molar-refractivity contribution is 6.04. The highest BCUT2D eigenvalue weighted by Crippen LogP contribution is 2.24. The van der Waals surface area contributed by atoms with Crippen LogP contribution in [0.3, 0.4) is 0 Å². The monoisotopic (exact) mass is 398 g/mol. The number of nitrogens with two attached hydrogens (primary N) is 1. The summed E-state index contributed by atoms with van der Waals surface area (Å²) in [6.07, 6.45) is 1.96. The molecule has 0 fully saturated rings. The summed E-state index contributed by atoms with van der Waals surface area (Å²) >= 11 is 0. The van der Waals surface area contributed by atoms with Gasteiger partial charge in [-0.3, -0.25) is 0 Å². The number of anilines is 1. The molecule has 29 heavy (non-hydrogen) atoms. The summed E-state index contributed by atoms with van der Waals surface area (Å²) in [5.74, 6) is -0.411. The molecule has 0 aromatic heterocycles. The van der Waals surface area contributed by atoms with E-state index in [9.17, 15) is 4.79 Å². The molecule has 2 unspecified atom stereocenters. The van der Waals surface area contributed by atoms with Crippen molar-refractivity contribution in [2.24, 2.45) is 5.16 Å². The third kappa shape index (κ3) is 5.96. The van der Waals surface area contributed by atoms with Gasteiger partial charge in [0.2, 0.25) is 6.10 Å². The fourth-order valence-corrected chi connectivity index (χ4v) is 3.23. The lowest BCUT2D eigenvalue weighted by Crippen LogP contribution is -2.19. The molecular formula is C22H26N2O5. The van der Waals surface area contributed by atoms with E-state index in [0.29, 0.717) is 29.3 Å². The topological polar surface area (TPSA) is 103 Å². The molecule has 1 aliphatic heterocycles. The summed E-state index contributed by atoms with van der Waals surface area (Å²) in [5.41, 5.74) is 9.01. The van der Waals surface area contributed by atoms with Crippen molar-refractivity contribution in [3.8, 4) is 5.75 Å². The van der Waals surface area contributed by atoms with Crippen LogP contribution in [0.25, 0.3) is 0 Å². The first-order chi connectivity index (χ1) is 14.0. The van der Waals surface area contributed by atoms with Crippen LogP contribution in [-0.4, -0.2) is 42.7 Å². The lowest BCUT2D eigenvalue weighted by atomic mass is 10.0. The molecule has 0 aliphatic carbocycles. The Kier molecular flexibility index (Phi) is 7.08. The molecule has 154 valence electrons. The van der Waals surface area contributed by atoms with Crippen LogP contribution < -0.4 is 10.5 Å². The van der Waals surface area contributed by atoms with Gasteiger partial charge < -0.3 is 25.2 Å². The minimum Gasteiger partial charge on any atom is -0.493 e. The number of rotatable bonds is 10. The van der Waals surface area contributed by atoms with Gasteiger partial charge in [-0.2, -0.15) is 0 Å². The van der Waals surface area contributed by atoms with Gasteiger partial charge in [0.05, 0.1) is 18.4 Å². The number of aliphatic carboxylic acids is 1. The molecule has 7 nitrogen and oxygen atoms in total. The summed E-state index contributed by atoms with van der Waals surface area (Å²) in [5, 5.41) is 12.9. The maximum absolute atomic E-state index is 11.0. The van der Waals surface area contributed by atoms with Crippen LogP contribution in [0.1, 0.15) is 30.4 Å². The van der Waals surface area contributed by atoms with E-state index < -0.39 is 12.1 Å². The molecule has 1 aliphatic rings. The van der Waals surface area contributed by atoms with Gasteiger partial charge in [0.25, 0.3) is 0 Å². The number of nitrogens with zero attached hydrogens (tertiary/aromatic N) is 1. The van der Waals surface area contributed by atoms with Crippen molar-refractivity contribution in [3.05, 3.63) is 59.7 Å². The number of oxime groups is 1. The van der Waals surface area contributed by atoms with Crippen LogP contribution in [0.15, 0.2) is 53.7 Å². The van der Waals surface area contributed by atoms with E-state index >= 15 is 0 Å². The minimum absolute atomic E-state index is 0.135. The predicted octanol–water partition coefficient (Wildman–Crippen LogP) is 3.26. The van der Waals surface area contributed by atoms with Gasteiger partial charge in [0, 0.05) is 30.8 Å². The van der Waals surface area contributed by atoms with Crippen LogP contribution in [-0.2, 0) is 20.8 Å². The molecule has 0 saturated carbocycles. The summed E-state index contributed by atoms with van der Waals surface area (Å²) < 4.78 is 11.4. The van der Waals surface area contributed by atoms with E-state index in [4.69, 9.17) is 25.2 Å². The second kappa shape index (κ2) is 9.93. The molecule has 0 amide bonds. The van der Waals surface area contributed by atoms with Crippen LogP contribution >= 0.6 is 0 Å². The van der Waals surface area contributed by atoms with Gasteiger partial charge in [-0.05, 0) is 37.0 Å². The van der Waals surface area contributed by atoms with Gasteiger partial charge in [0.15, 0.2) is 0 Å². The Morgan fingerprint density at radius 3 is 2.79 bits per heavy atom. The summed E-state index contributed by atoms with van der Waals surface area (Å²) in [7, 11) is 1.73. The largest absolute Gasteiger partial charge is 0.493 e. The molecule has 0 bridgehead atoms. The Bertz CT molecular complexity index is 854. The second-order valence-electron chi connectivity index (χ2n) is 7.00. The van der Waals surface area contributed by atoms with Gasteiger partial charge in [-0.25, -0.2) is 4.79 Å². The van der Waals surface area contributed by atoms with Crippen molar-refractivity contribution in [1.82, 2.24) is 0 Å². The van der Waals surface area contributed by atoms with Crippen LogP contribution in [0.4, 0.5) is 5.69 Å². The zero-order chi connectivity index (χ0) is 20.6. The number of hydrogen-bond donors (Lipinski definition) is 2.